The van der Waals surface area contributed by atoms with Gasteiger partial charge in [0.1, 0.15) is 0 Å². The summed E-state index contributed by atoms with van der Waals surface area (Å²) in [5.74, 6) is 0.880. The fourth-order valence-electron chi connectivity index (χ4n) is 4.07. The van der Waals surface area contributed by atoms with Crippen molar-refractivity contribution in [2.45, 2.75) is 51.2 Å². The molecular weight excluding hydrogens is 188 g/mol. The van der Waals surface area contributed by atoms with Crippen LogP contribution in [0.5, 0.6) is 0 Å². The van der Waals surface area contributed by atoms with Crippen LogP contribution in [0, 0.1) is 16.7 Å². The Morgan fingerprint density at radius 2 is 2.07 bits per heavy atom. The standard InChI is InChI=1S/C13H22S/c1-5-7-13(14)11(2,3)10-6-8-12(13,4)9-10/h5,10,14H,1,6-9H2,2-4H3. The van der Waals surface area contributed by atoms with Gasteiger partial charge in [-0.05, 0) is 42.4 Å². The molecule has 2 aliphatic rings. The molecule has 0 spiro atoms. The van der Waals surface area contributed by atoms with E-state index in [0.717, 1.165) is 12.3 Å². The molecule has 0 aromatic carbocycles. The summed E-state index contributed by atoms with van der Waals surface area (Å²) in [6.45, 7) is 11.1. The van der Waals surface area contributed by atoms with Crippen LogP contribution in [-0.4, -0.2) is 4.75 Å². The van der Waals surface area contributed by atoms with Crippen molar-refractivity contribution in [3.63, 3.8) is 0 Å². The van der Waals surface area contributed by atoms with E-state index in [-0.39, 0.29) is 4.75 Å². The Kier molecular flexibility index (Phi) is 2.13. The molecule has 0 aromatic heterocycles. The van der Waals surface area contributed by atoms with Crippen LogP contribution in [-0.2, 0) is 0 Å². The van der Waals surface area contributed by atoms with Crippen LogP contribution in [0.15, 0.2) is 12.7 Å². The zero-order valence-corrected chi connectivity index (χ0v) is 10.5. The van der Waals surface area contributed by atoms with Gasteiger partial charge in [-0.1, -0.05) is 26.8 Å². The first-order chi connectivity index (χ1) is 6.37. The van der Waals surface area contributed by atoms with Gasteiger partial charge >= 0.3 is 0 Å². The summed E-state index contributed by atoms with van der Waals surface area (Å²) in [7, 11) is 0. The summed E-state index contributed by atoms with van der Waals surface area (Å²) in [5.41, 5.74) is 0.815. The summed E-state index contributed by atoms with van der Waals surface area (Å²) >= 11 is 5.06. The summed E-state index contributed by atoms with van der Waals surface area (Å²) in [5, 5.41) is 0. The normalized spacial score (nSPS) is 49.6. The number of hydrogen-bond donors (Lipinski definition) is 1. The molecule has 80 valence electrons. The molecule has 0 nitrogen and oxygen atoms in total. The highest BCUT2D eigenvalue weighted by molar-refractivity contribution is 7.82. The number of rotatable bonds is 2. The molecular formula is C13H22S. The molecule has 2 bridgehead atoms. The van der Waals surface area contributed by atoms with Crippen molar-refractivity contribution in [1.29, 1.82) is 0 Å². The molecule has 2 rings (SSSR count). The van der Waals surface area contributed by atoms with Gasteiger partial charge in [0.2, 0.25) is 0 Å². The summed E-state index contributed by atoms with van der Waals surface area (Å²) in [6.07, 6.45) is 7.25. The van der Waals surface area contributed by atoms with E-state index in [2.05, 4.69) is 33.4 Å². The van der Waals surface area contributed by atoms with Crippen molar-refractivity contribution in [2.75, 3.05) is 0 Å². The lowest BCUT2D eigenvalue weighted by molar-refractivity contribution is 0.112. The lowest BCUT2D eigenvalue weighted by atomic mass is 9.62. The second-order valence-electron chi connectivity index (χ2n) is 6.08. The van der Waals surface area contributed by atoms with Crippen LogP contribution in [0.2, 0.25) is 0 Å². The van der Waals surface area contributed by atoms with E-state index in [1.165, 1.54) is 19.3 Å². The minimum absolute atomic E-state index is 0.171. The van der Waals surface area contributed by atoms with Crippen LogP contribution in [0.3, 0.4) is 0 Å². The smallest absolute Gasteiger partial charge is 0.0271 e. The molecule has 0 heterocycles. The Morgan fingerprint density at radius 3 is 2.50 bits per heavy atom. The lowest BCUT2D eigenvalue weighted by Gasteiger charge is -2.51. The first kappa shape index (κ1) is 10.6. The fourth-order valence-corrected chi connectivity index (χ4v) is 4.58. The van der Waals surface area contributed by atoms with Gasteiger partial charge < -0.3 is 0 Å². The minimum Gasteiger partial charge on any atom is -0.171 e. The van der Waals surface area contributed by atoms with Crippen LogP contribution in [0.4, 0.5) is 0 Å². The van der Waals surface area contributed by atoms with Crippen LogP contribution in [0.25, 0.3) is 0 Å². The molecule has 0 aliphatic heterocycles. The molecule has 1 heteroatoms. The SMILES string of the molecule is C=CCC1(S)C2(C)CCC(C2)C1(C)C. The number of fused-ring (bicyclic) bond motifs is 2. The second-order valence-corrected chi connectivity index (χ2v) is 6.84. The molecule has 0 amide bonds. The van der Waals surface area contributed by atoms with Crippen molar-refractivity contribution in [3.8, 4) is 0 Å². The van der Waals surface area contributed by atoms with E-state index in [1.807, 2.05) is 0 Å². The summed E-state index contributed by atoms with van der Waals surface area (Å²) in [4.78, 5) is 0. The van der Waals surface area contributed by atoms with Crippen molar-refractivity contribution < 1.29 is 0 Å². The molecule has 0 N–H and O–H groups in total. The molecule has 0 aromatic rings. The van der Waals surface area contributed by atoms with Crippen molar-refractivity contribution in [3.05, 3.63) is 12.7 Å². The summed E-state index contributed by atoms with van der Waals surface area (Å²) in [6, 6.07) is 0. The van der Waals surface area contributed by atoms with Crippen molar-refractivity contribution in [1.82, 2.24) is 0 Å². The van der Waals surface area contributed by atoms with Gasteiger partial charge in [0.15, 0.2) is 0 Å². The van der Waals surface area contributed by atoms with Crippen LogP contribution >= 0.6 is 12.6 Å². The number of allylic oxidation sites excluding steroid dienone is 1. The van der Waals surface area contributed by atoms with Gasteiger partial charge in [-0.3, -0.25) is 0 Å². The minimum atomic E-state index is 0.171. The Labute approximate surface area is 93.6 Å². The van der Waals surface area contributed by atoms with E-state index < -0.39 is 0 Å². The van der Waals surface area contributed by atoms with Gasteiger partial charge in [-0.2, -0.15) is 12.6 Å². The quantitative estimate of drug-likeness (QED) is 0.515. The van der Waals surface area contributed by atoms with E-state index in [4.69, 9.17) is 12.6 Å². The van der Waals surface area contributed by atoms with Gasteiger partial charge in [0.25, 0.3) is 0 Å². The van der Waals surface area contributed by atoms with Crippen molar-refractivity contribution >= 4 is 12.6 Å². The predicted octanol–water partition coefficient (Wildman–Crippen LogP) is 4.08. The van der Waals surface area contributed by atoms with Crippen molar-refractivity contribution in [2.24, 2.45) is 16.7 Å². The highest BCUT2D eigenvalue weighted by atomic mass is 32.1. The average Bonchev–Trinajstić information content (AvgIpc) is 2.53. The third-order valence-electron chi connectivity index (χ3n) is 5.27. The molecule has 3 atom stereocenters. The van der Waals surface area contributed by atoms with Gasteiger partial charge in [-0.25, -0.2) is 0 Å². The van der Waals surface area contributed by atoms with E-state index in [1.54, 1.807) is 0 Å². The first-order valence-corrected chi connectivity index (χ1v) is 6.15. The lowest BCUT2D eigenvalue weighted by Crippen LogP contribution is -2.49. The van der Waals surface area contributed by atoms with Gasteiger partial charge in [-0.15, -0.1) is 6.58 Å². The average molecular weight is 210 g/mol. The predicted molar refractivity (Wildman–Crippen MR) is 65.8 cm³/mol. The molecule has 2 aliphatic carbocycles. The van der Waals surface area contributed by atoms with E-state index >= 15 is 0 Å². The molecule has 0 saturated heterocycles. The zero-order chi connectivity index (χ0) is 10.6. The molecule has 3 unspecified atom stereocenters. The highest BCUT2D eigenvalue weighted by Crippen LogP contribution is 2.71. The van der Waals surface area contributed by atoms with Gasteiger partial charge in [0.05, 0.1) is 0 Å². The molecule has 0 radical (unpaired) electrons. The molecule has 14 heavy (non-hydrogen) atoms. The third kappa shape index (κ3) is 0.973. The topological polar surface area (TPSA) is 0 Å². The fraction of sp³-hybridized carbons (Fsp3) is 0.846. The van der Waals surface area contributed by atoms with E-state index in [0.29, 0.717) is 10.8 Å². The largest absolute Gasteiger partial charge is 0.171 e. The maximum Gasteiger partial charge on any atom is 0.0271 e. The molecule has 2 fully saturated rings. The number of thiol groups is 1. The number of hydrogen-bond acceptors (Lipinski definition) is 1. The monoisotopic (exact) mass is 210 g/mol. The van der Waals surface area contributed by atoms with Crippen LogP contribution < -0.4 is 0 Å². The third-order valence-corrected chi connectivity index (χ3v) is 6.57. The second kappa shape index (κ2) is 2.81. The van der Waals surface area contributed by atoms with Gasteiger partial charge in [0, 0.05) is 4.75 Å². The maximum absolute atomic E-state index is 5.06. The summed E-state index contributed by atoms with van der Waals surface area (Å²) < 4.78 is 0.171. The Hall–Kier alpha value is 0.0900. The zero-order valence-electron chi connectivity index (χ0n) is 9.64. The first-order valence-electron chi connectivity index (χ1n) is 5.71. The highest BCUT2D eigenvalue weighted by Gasteiger charge is 2.66. The maximum atomic E-state index is 5.06. The Bertz CT molecular complexity index is 262. The van der Waals surface area contributed by atoms with E-state index in [9.17, 15) is 0 Å². The Balaban J connectivity index is 2.43. The Morgan fingerprint density at radius 1 is 1.43 bits per heavy atom. The van der Waals surface area contributed by atoms with Crippen LogP contribution in [0.1, 0.15) is 46.5 Å². The molecule has 2 saturated carbocycles.